The number of H-pyrrole nitrogens is 1. The van der Waals surface area contributed by atoms with E-state index in [9.17, 15) is 14.0 Å². The first kappa shape index (κ1) is 24.1. The zero-order valence-electron chi connectivity index (χ0n) is 20.0. The van der Waals surface area contributed by atoms with Crippen LogP contribution in [0.5, 0.6) is 0 Å². The highest BCUT2D eigenvalue weighted by Crippen LogP contribution is 2.26. The van der Waals surface area contributed by atoms with Crippen molar-refractivity contribution in [2.45, 2.75) is 38.1 Å². The molecule has 36 heavy (non-hydrogen) atoms. The highest BCUT2D eigenvalue weighted by Gasteiger charge is 2.27. The van der Waals surface area contributed by atoms with Crippen molar-refractivity contribution in [1.82, 2.24) is 10.3 Å². The standard InChI is InChI=1S/C29H27ClFN3O2/c1-34(22-11-9-20(30)10-12-22)29(36)27-16-19-13-18(14-21(31)15-19)5-4-8-26-24(17-28(35)33-27)23-6-2-3-7-25(23)32-26/h2-3,6-7,9-15,27,32H,4-5,8,16-17H2,1H3,(H,33,35). The van der Waals surface area contributed by atoms with Gasteiger partial charge in [-0.15, -0.1) is 0 Å². The Hall–Kier alpha value is -3.64. The SMILES string of the molecule is CN(C(=O)C1Cc2cc(F)cc(c2)CCCc2[nH]c3ccccc3c2CC(=O)N1)c1ccc(Cl)cc1. The van der Waals surface area contributed by atoms with Gasteiger partial charge in [0, 0.05) is 40.8 Å². The molecule has 0 aliphatic carbocycles. The second kappa shape index (κ2) is 10.2. The summed E-state index contributed by atoms with van der Waals surface area (Å²) in [5, 5.41) is 4.52. The topological polar surface area (TPSA) is 65.2 Å². The van der Waals surface area contributed by atoms with Crippen molar-refractivity contribution in [1.29, 1.82) is 0 Å². The van der Waals surface area contributed by atoms with Crippen LogP contribution in [-0.2, 0) is 35.3 Å². The van der Waals surface area contributed by atoms with Crippen molar-refractivity contribution >= 4 is 40.0 Å². The first-order valence-corrected chi connectivity index (χ1v) is 12.4. The molecule has 1 atom stereocenters. The third-order valence-corrected chi connectivity index (χ3v) is 7.02. The summed E-state index contributed by atoms with van der Waals surface area (Å²) < 4.78 is 14.5. The fourth-order valence-electron chi connectivity index (χ4n) is 4.99. The number of aryl methyl sites for hydroxylation is 2. The van der Waals surface area contributed by atoms with Gasteiger partial charge in [-0.25, -0.2) is 4.39 Å². The van der Waals surface area contributed by atoms with Crippen molar-refractivity contribution in [2.75, 3.05) is 11.9 Å². The highest BCUT2D eigenvalue weighted by atomic mass is 35.5. The molecule has 2 N–H and O–H groups in total. The highest BCUT2D eigenvalue weighted by molar-refractivity contribution is 6.30. The number of nitrogens with zero attached hydrogens (tertiary/aromatic N) is 1. The molecule has 0 spiro atoms. The summed E-state index contributed by atoms with van der Waals surface area (Å²) in [5.74, 6) is -0.877. The van der Waals surface area contributed by atoms with Gasteiger partial charge in [0.25, 0.3) is 0 Å². The van der Waals surface area contributed by atoms with Crippen molar-refractivity contribution in [3.8, 4) is 0 Å². The summed E-state index contributed by atoms with van der Waals surface area (Å²) in [6.07, 6.45) is 2.59. The van der Waals surface area contributed by atoms with Crippen LogP contribution >= 0.6 is 11.6 Å². The molecule has 5 nitrogen and oxygen atoms in total. The number of fused-ring (bicyclic) bond motifs is 5. The second-order valence-electron chi connectivity index (χ2n) is 9.32. The van der Waals surface area contributed by atoms with Gasteiger partial charge in [-0.2, -0.15) is 0 Å². The number of anilines is 1. The molecule has 0 saturated heterocycles. The van der Waals surface area contributed by atoms with Gasteiger partial charge in [-0.1, -0.05) is 35.9 Å². The van der Waals surface area contributed by atoms with E-state index < -0.39 is 6.04 Å². The number of amides is 2. The molecular formula is C29H27ClFN3O2. The van der Waals surface area contributed by atoms with Gasteiger partial charge >= 0.3 is 0 Å². The van der Waals surface area contributed by atoms with Crippen LogP contribution in [0.15, 0.2) is 66.7 Å². The number of aromatic amines is 1. The molecule has 184 valence electrons. The Bertz CT molecular complexity index is 1430. The smallest absolute Gasteiger partial charge is 0.249 e. The van der Waals surface area contributed by atoms with Crippen LogP contribution in [0.25, 0.3) is 10.9 Å². The van der Waals surface area contributed by atoms with E-state index >= 15 is 0 Å². The zero-order valence-corrected chi connectivity index (χ0v) is 20.7. The molecule has 2 amide bonds. The number of nitrogens with one attached hydrogen (secondary N) is 2. The average molecular weight is 504 g/mol. The summed E-state index contributed by atoms with van der Waals surface area (Å²) >= 11 is 6.01. The lowest BCUT2D eigenvalue weighted by atomic mass is 9.99. The maximum atomic E-state index is 14.5. The second-order valence-corrected chi connectivity index (χ2v) is 9.76. The number of rotatable bonds is 2. The summed E-state index contributed by atoms with van der Waals surface area (Å²) in [7, 11) is 1.66. The molecule has 3 aromatic carbocycles. The van der Waals surface area contributed by atoms with Crippen LogP contribution in [0.1, 0.15) is 28.8 Å². The Kier molecular flexibility index (Phi) is 6.79. The van der Waals surface area contributed by atoms with Crippen LogP contribution < -0.4 is 10.2 Å². The fourth-order valence-corrected chi connectivity index (χ4v) is 5.11. The largest absolute Gasteiger partial charge is 0.358 e. The van der Waals surface area contributed by atoms with Gasteiger partial charge in [0.2, 0.25) is 11.8 Å². The van der Waals surface area contributed by atoms with Crippen LogP contribution in [0.3, 0.4) is 0 Å². The molecule has 0 radical (unpaired) electrons. The van der Waals surface area contributed by atoms with E-state index in [1.165, 1.54) is 11.0 Å². The summed E-state index contributed by atoms with van der Waals surface area (Å²) in [5.41, 5.74) is 5.13. The monoisotopic (exact) mass is 503 g/mol. The van der Waals surface area contributed by atoms with Crippen molar-refractivity contribution < 1.29 is 14.0 Å². The molecule has 0 saturated carbocycles. The first-order chi connectivity index (χ1) is 17.4. The van der Waals surface area contributed by atoms with E-state index in [1.54, 1.807) is 37.4 Å². The lowest BCUT2D eigenvalue weighted by Gasteiger charge is -2.25. The maximum absolute atomic E-state index is 14.5. The molecule has 1 unspecified atom stereocenters. The molecule has 1 aliphatic heterocycles. The summed E-state index contributed by atoms with van der Waals surface area (Å²) in [6.45, 7) is 0. The van der Waals surface area contributed by atoms with Gasteiger partial charge < -0.3 is 15.2 Å². The van der Waals surface area contributed by atoms with Crippen molar-refractivity contribution in [2.24, 2.45) is 0 Å². The summed E-state index contributed by atoms with van der Waals surface area (Å²) in [6, 6.07) is 18.9. The molecule has 2 bridgehead atoms. The third kappa shape index (κ3) is 5.14. The number of carbonyl (C=O) groups is 2. The number of benzene rings is 3. The van der Waals surface area contributed by atoms with Crippen LogP contribution in [0.2, 0.25) is 5.02 Å². The Balaban J connectivity index is 1.51. The van der Waals surface area contributed by atoms with Gasteiger partial charge in [0.1, 0.15) is 11.9 Å². The number of carbonyl (C=O) groups excluding carboxylic acids is 2. The third-order valence-electron chi connectivity index (χ3n) is 6.77. The molecule has 4 aromatic rings. The molecular weight excluding hydrogens is 477 g/mol. The number of hydrogen-bond acceptors (Lipinski definition) is 2. The molecule has 2 heterocycles. The van der Waals surface area contributed by atoms with E-state index in [1.807, 2.05) is 30.3 Å². The fraction of sp³-hybridized carbons (Fsp3) is 0.241. The number of aromatic nitrogens is 1. The Morgan fingerprint density at radius 1 is 1.03 bits per heavy atom. The minimum atomic E-state index is -0.859. The number of halogens is 2. The van der Waals surface area contributed by atoms with E-state index in [0.717, 1.165) is 40.6 Å². The Labute approximate surface area is 214 Å². The number of hydrogen-bond donors (Lipinski definition) is 2. The predicted molar refractivity (Wildman–Crippen MR) is 141 cm³/mol. The minimum absolute atomic E-state index is 0.153. The quantitative estimate of drug-likeness (QED) is 0.385. The number of likely N-dealkylation sites (N-methyl/N-ethyl adjacent to an activating group) is 1. The van der Waals surface area contributed by atoms with Crippen LogP contribution in [0, 0.1) is 5.82 Å². The Morgan fingerprint density at radius 3 is 2.58 bits per heavy atom. The summed E-state index contributed by atoms with van der Waals surface area (Å²) in [4.78, 5) is 31.8. The molecule has 5 rings (SSSR count). The van der Waals surface area contributed by atoms with E-state index in [4.69, 9.17) is 11.6 Å². The molecule has 0 fully saturated rings. The zero-order chi connectivity index (χ0) is 25.2. The lowest BCUT2D eigenvalue weighted by molar-refractivity contribution is -0.127. The lowest BCUT2D eigenvalue weighted by Crippen LogP contribution is -2.49. The maximum Gasteiger partial charge on any atom is 0.249 e. The van der Waals surface area contributed by atoms with Gasteiger partial charge in [0.15, 0.2) is 0 Å². The van der Waals surface area contributed by atoms with E-state index in [2.05, 4.69) is 10.3 Å². The van der Waals surface area contributed by atoms with Gasteiger partial charge in [0.05, 0.1) is 6.42 Å². The van der Waals surface area contributed by atoms with E-state index in [0.29, 0.717) is 22.7 Å². The molecule has 1 aliphatic rings. The van der Waals surface area contributed by atoms with Gasteiger partial charge in [-0.3, -0.25) is 9.59 Å². The van der Waals surface area contributed by atoms with E-state index in [-0.39, 0.29) is 30.5 Å². The molecule has 7 heteroatoms. The Morgan fingerprint density at radius 2 is 1.78 bits per heavy atom. The number of para-hydroxylation sites is 1. The van der Waals surface area contributed by atoms with Crippen LogP contribution in [0.4, 0.5) is 10.1 Å². The predicted octanol–water partition coefficient (Wildman–Crippen LogP) is 5.38. The first-order valence-electron chi connectivity index (χ1n) is 12.1. The van der Waals surface area contributed by atoms with Crippen molar-refractivity contribution in [3.05, 3.63) is 100.0 Å². The average Bonchev–Trinajstić information content (AvgIpc) is 3.19. The molecule has 1 aromatic heterocycles. The van der Waals surface area contributed by atoms with Gasteiger partial charge in [-0.05, 0) is 78.4 Å². The minimum Gasteiger partial charge on any atom is -0.358 e. The van der Waals surface area contributed by atoms with Crippen LogP contribution in [-0.4, -0.2) is 29.9 Å². The van der Waals surface area contributed by atoms with Crippen molar-refractivity contribution in [3.63, 3.8) is 0 Å². The normalized spacial score (nSPS) is 16.3.